The van der Waals surface area contributed by atoms with Gasteiger partial charge in [-0.1, -0.05) is 0 Å². The van der Waals surface area contributed by atoms with Gasteiger partial charge in [0.25, 0.3) is 0 Å². The fourth-order valence-corrected chi connectivity index (χ4v) is 3.91. The number of thiophene rings is 1. The molecule has 0 aliphatic rings. The summed E-state index contributed by atoms with van der Waals surface area (Å²) in [6, 6.07) is 11.8. The van der Waals surface area contributed by atoms with Gasteiger partial charge in [-0.05, 0) is 60.1 Å². The molecule has 0 amide bonds. The second-order valence-corrected chi connectivity index (χ2v) is 7.41. The lowest BCUT2D eigenvalue weighted by atomic mass is 10.1. The number of benzene rings is 1. The molecule has 1 aromatic carbocycles. The van der Waals surface area contributed by atoms with E-state index >= 15 is 0 Å². The van der Waals surface area contributed by atoms with E-state index in [1.54, 1.807) is 0 Å². The molecule has 3 nitrogen and oxygen atoms in total. The van der Waals surface area contributed by atoms with Gasteiger partial charge < -0.3 is 9.32 Å². The minimum atomic E-state index is -0.293. The maximum absolute atomic E-state index is 12.3. The van der Waals surface area contributed by atoms with Crippen LogP contribution in [0.25, 0.3) is 21.4 Å². The molecule has 0 spiro atoms. The summed E-state index contributed by atoms with van der Waals surface area (Å²) in [6.45, 7) is 6.07. The maximum Gasteiger partial charge on any atom is 0.345 e. The molecular weight excluding hydrogens is 362 g/mol. The largest absolute Gasteiger partial charge is 0.422 e. The van der Waals surface area contributed by atoms with Crippen molar-refractivity contribution in [3.63, 3.8) is 0 Å². The van der Waals surface area contributed by atoms with Crippen LogP contribution < -0.4 is 10.5 Å². The molecule has 0 aliphatic heterocycles. The molecule has 0 unspecified atom stereocenters. The summed E-state index contributed by atoms with van der Waals surface area (Å²) in [6.07, 6.45) is 0. The highest BCUT2D eigenvalue weighted by Crippen LogP contribution is 2.31. The molecule has 0 fully saturated rings. The molecule has 114 valence electrons. The predicted molar refractivity (Wildman–Crippen MR) is 97.1 cm³/mol. The Balaban J connectivity index is 2.12. The Bertz CT molecular complexity index is 864. The highest BCUT2D eigenvalue weighted by Gasteiger charge is 2.11. The number of hydrogen-bond acceptors (Lipinski definition) is 4. The second-order valence-electron chi connectivity index (χ2n) is 4.95. The normalized spacial score (nSPS) is 11.0. The van der Waals surface area contributed by atoms with Crippen LogP contribution in [0, 0.1) is 0 Å². The van der Waals surface area contributed by atoms with Crippen molar-refractivity contribution in [2.45, 2.75) is 13.8 Å². The highest BCUT2D eigenvalue weighted by atomic mass is 79.9. The zero-order chi connectivity index (χ0) is 15.7. The average Bonchev–Trinajstić information content (AvgIpc) is 2.94. The van der Waals surface area contributed by atoms with E-state index in [0.29, 0.717) is 11.1 Å². The van der Waals surface area contributed by atoms with E-state index in [2.05, 4.69) is 40.7 Å². The Hall–Kier alpha value is -1.59. The van der Waals surface area contributed by atoms with E-state index < -0.39 is 0 Å². The lowest BCUT2D eigenvalue weighted by Crippen LogP contribution is -2.21. The third kappa shape index (κ3) is 2.83. The number of anilines is 1. The Morgan fingerprint density at radius 1 is 1.14 bits per heavy atom. The van der Waals surface area contributed by atoms with Crippen LogP contribution in [0.4, 0.5) is 5.69 Å². The molecule has 0 radical (unpaired) electrons. The number of hydrogen-bond donors (Lipinski definition) is 0. The minimum Gasteiger partial charge on any atom is -0.422 e. The summed E-state index contributed by atoms with van der Waals surface area (Å²) < 4.78 is 6.54. The van der Waals surface area contributed by atoms with Gasteiger partial charge in [0.15, 0.2) is 0 Å². The van der Waals surface area contributed by atoms with Crippen LogP contribution in [0.2, 0.25) is 0 Å². The van der Waals surface area contributed by atoms with Crippen molar-refractivity contribution < 1.29 is 4.42 Å². The maximum atomic E-state index is 12.3. The molecule has 5 heteroatoms. The standard InChI is InChI=1S/C17H16BrNO2S/c1-3-19(4-2)12-6-5-11-9-13(15-7-8-16(18)22-15)17(20)21-14(11)10-12/h5-10H,3-4H2,1-2H3. The quantitative estimate of drug-likeness (QED) is 0.590. The Labute approximate surface area is 141 Å². The van der Waals surface area contributed by atoms with Crippen molar-refractivity contribution in [1.29, 1.82) is 0 Å². The molecular formula is C17H16BrNO2S. The molecule has 0 aliphatic carbocycles. The van der Waals surface area contributed by atoms with Crippen LogP contribution in [0.1, 0.15) is 13.8 Å². The van der Waals surface area contributed by atoms with Crippen molar-refractivity contribution in [2.75, 3.05) is 18.0 Å². The van der Waals surface area contributed by atoms with Crippen molar-refractivity contribution in [1.82, 2.24) is 0 Å². The SMILES string of the molecule is CCN(CC)c1ccc2cc(-c3ccc(Br)s3)c(=O)oc2c1. The third-order valence-corrected chi connectivity index (χ3v) is 5.34. The summed E-state index contributed by atoms with van der Waals surface area (Å²) >= 11 is 4.95. The fourth-order valence-electron chi connectivity index (χ4n) is 2.52. The second kappa shape index (κ2) is 6.26. The van der Waals surface area contributed by atoms with Crippen molar-refractivity contribution in [3.8, 4) is 10.4 Å². The monoisotopic (exact) mass is 377 g/mol. The van der Waals surface area contributed by atoms with Crippen molar-refractivity contribution in [2.24, 2.45) is 0 Å². The van der Waals surface area contributed by atoms with Gasteiger partial charge in [-0.2, -0.15) is 0 Å². The zero-order valence-corrected chi connectivity index (χ0v) is 14.8. The van der Waals surface area contributed by atoms with Gasteiger partial charge in [0.2, 0.25) is 0 Å². The molecule has 0 saturated carbocycles. The topological polar surface area (TPSA) is 33.5 Å². The van der Waals surface area contributed by atoms with Gasteiger partial charge in [-0.15, -0.1) is 11.3 Å². The average molecular weight is 378 g/mol. The first kappa shape index (κ1) is 15.3. The van der Waals surface area contributed by atoms with Gasteiger partial charge in [0.1, 0.15) is 5.58 Å². The summed E-state index contributed by atoms with van der Waals surface area (Å²) in [5.74, 6) is 0. The number of halogens is 1. The molecule has 0 saturated heterocycles. The van der Waals surface area contributed by atoms with Gasteiger partial charge in [0.05, 0.1) is 9.35 Å². The zero-order valence-electron chi connectivity index (χ0n) is 12.4. The van der Waals surface area contributed by atoms with Gasteiger partial charge >= 0.3 is 5.63 Å². The van der Waals surface area contributed by atoms with Gasteiger partial charge in [-0.3, -0.25) is 0 Å². The van der Waals surface area contributed by atoms with E-state index in [1.165, 1.54) is 11.3 Å². The van der Waals surface area contributed by atoms with Crippen LogP contribution in [-0.4, -0.2) is 13.1 Å². The van der Waals surface area contributed by atoms with Crippen molar-refractivity contribution in [3.05, 3.63) is 50.6 Å². The lowest BCUT2D eigenvalue weighted by molar-refractivity contribution is 0.563. The first-order valence-corrected chi connectivity index (χ1v) is 8.82. The smallest absolute Gasteiger partial charge is 0.345 e. The lowest BCUT2D eigenvalue weighted by Gasteiger charge is -2.20. The summed E-state index contributed by atoms with van der Waals surface area (Å²) in [7, 11) is 0. The number of fused-ring (bicyclic) bond motifs is 1. The van der Waals surface area contributed by atoms with E-state index in [1.807, 2.05) is 30.3 Å². The van der Waals surface area contributed by atoms with E-state index in [0.717, 1.165) is 32.8 Å². The van der Waals surface area contributed by atoms with Gasteiger partial charge in [-0.25, -0.2) is 4.79 Å². The number of rotatable bonds is 4. The minimum absolute atomic E-state index is 0.293. The first-order chi connectivity index (χ1) is 10.6. The summed E-state index contributed by atoms with van der Waals surface area (Å²) in [4.78, 5) is 15.4. The Kier molecular flexibility index (Phi) is 4.36. The molecule has 0 bridgehead atoms. The molecule has 2 heterocycles. The molecule has 22 heavy (non-hydrogen) atoms. The third-order valence-electron chi connectivity index (χ3n) is 3.69. The van der Waals surface area contributed by atoms with E-state index in [4.69, 9.17) is 4.42 Å². The molecule has 0 N–H and O–H groups in total. The molecule has 0 atom stereocenters. The van der Waals surface area contributed by atoms with Crippen molar-refractivity contribution >= 4 is 43.9 Å². The van der Waals surface area contributed by atoms with E-state index in [9.17, 15) is 4.79 Å². The Morgan fingerprint density at radius 2 is 1.91 bits per heavy atom. The Morgan fingerprint density at radius 3 is 2.55 bits per heavy atom. The van der Waals surface area contributed by atoms with Crippen LogP contribution in [0.15, 0.2) is 49.4 Å². The molecule has 3 aromatic rings. The summed E-state index contributed by atoms with van der Waals surface area (Å²) in [5, 5.41) is 0.940. The van der Waals surface area contributed by atoms with Gasteiger partial charge in [0, 0.05) is 35.1 Å². The molecule has 2 aromatic heterocycles. The number of nitrogens with zero attached hydrogens (tertiary/aromatic N) is 1. The van der Waals surface area contributed by atoms with Crippen LogP contribution in [0.3, 0.4) is 0 Å². The van der Waals surface area contributed by atoms with Crippen LogP contribution in [-0.2, 0) is 0 Å². The first-order valence-electron chi connectivity index (χ1n) is 7.21. The van der Waals surface area contributed by atoms with E-state index in [-0.39, 0.29) is 5.63 Å². The highest BCUT2D eigenvalue weighted by molar-refractivity contribution is 9.11. The summed E-state index contributed by atoms with van der Waals surface area (Å²) in [5.41, 5.74) is 2.03. The van der Waals surface area contributed by atoms with Crippen LogP contribution >= 0.6 is 27.3 Å². The molecule has 3 rings (SSSR count). The van der Waals surface area contributed by atoms with Crippen LogP contribution in [0.5, 0.6) is 0 Å². The fraction of sp³-hybridized carbons (Fsp3) is 0.235. The predicted octanol–water partition coefficient (Wildman–Crippen LogP) is 5.13.